The summed E-state index contributed by atoms with van der Waals surface area (Å²) in [6.07, 6.45) is 6.96. The standard InChI is InChI=1S/C5H5N.C3H4N2.H2O4S/c1-2-4-6-5-3-1;1-2-4-5-3-1;1-5(2,3)4/h1-5H;1-3H,(H,4,5);(H2,1,2,3,4). The van der Waals surface area contributed by atoms with E-state index in [4.69, 9.17) is 17.5 Å². The van der Waals surface area contributed by atoms with Crippen molar-refractivity contribution in [3.8, 4) is 0 Å². The number of pyridine rings is 1. The van der Waals surface area contributed by atoms with Crippen LogP contribution in [0.5, 0.6) is 0 Å². The summed E-state index contributed by atoms with van der Waals surface area (Å²) in [5.74, 6) is 0. The van der Waals surface area contributed by atoms with Gasteiger partial charge >= 0.3 is 10.4 Å². The van der Waals surface area contributed by atoms with Crippen LogP contribution in [0.1, 0.15) is 0 Å². The van der Waals surface area contributed by atoms with Crippen molar-refractivity contribution in [3.05, 3.63) is 49.1 Å². The Morgan fingerprint density at radius 2 is 1.50 bits per heavy atom. The first-order chi connectivity index (χ1) is 7.50. The molecule has 2 heterocycles. The van der Waals surface area contributed by atoms with E-state index in [9.17, 15) is 0 Å². The molecule has 7 nitrogen and oxygen atoms in total. The normalized spacial score (nSPS) is 9.12. The molecule has 0 aliphatic rings. The highest BCUT2D eigenvalue weighted by atomic mass is 32.3. The Morgan fingerprint density at radius 1 is 0.938 bits per heavy atom. The van der Waals surface area contributed by atoms with Crippen LogP contribution in [0.25, 0.3) is 0 Å². The molecule has 8 heteroatoms. The van der Waals surface area contributed by atoms with E-state index in [1.165, 1.54) is 0 Å². The highest BCUT2D eigenvalue weighted by Crippen LogP contribution is 1.73. The molecule has 0 aliphatic carbocycles. The number of aromatic nitrogens is 3. The molecule has 16 heavy (non-hydrogen) atoms. The number of hydrogen-bond donors (Lipinski definition) is 3. The third-order valence-electron chi connectivity index (χ3n) is 0.972. The molecule has 0 aromatic carbocycles. The van der Waals surface area contributed by atoms with Crippen molar-refractivity contribution in [1.82, 2.24) is 15.2 Å². The lowest BCUT2D eigenvalue weighted by Gasteiger charge is -1.70. The molecule has 88 valence electrons. The van der Waals surface area contributed by atoms with Crippen molar-refractivity contribution in [2.45, 2.75) is 0 Å². The Morgan fingerprint density at radius 3 is 1.62 bits per heavy atom. The van der Waals surface area contributed by atoms with Gasteiger partial charge in [-0.25, -0.2) is 0 Å². The van der Waals surface area contributed by atoms with Crippen LogP contribution in [0, 0.1) is 0 Å². The molecular weight excluding hydrogens is 234 g/mol. The summed E-state index contributed by atoms with van der Waals surface area (Å²) in [6.45, 7) is 0. The molecule has 0 unspecified atom stereocenters. The van der Waals surface area contributed by atoms with Crippen LogP contribution in [-0.4, -0.2) is 32.7 Å². The lowest BCUT2D eigenvalue weighted by Crippen LogP contribution is -1.89. The van der Waals surface area contributed by atoms with E-state index in [-0.39, 0.29) is 0 Å². The number of H-pyrrole nitrogens is 1. The number of rotatable bonds is 0. The minimum absolute atomic E-state index is 1.69. The second kappa shape index (κ2) is 8.53. The maximum atomic E-state index is 8.74. The molecule has 0 amide bonds. The molecule has 2 aromatic heterocycles. The summed E-state index contributed by atoms with van der Waals surface area (Å²) in [5.41, 5.74) is 0. The van der Waals surface area contributed by atoms with Gasteiger partial charge in [-0.3, -0.25) is 19.2 Å². The highest BCUT2D eigenvalue weighted by Gasteiger charge is 1.84. The van der Waals surface area contributed by atoms with Gasteiger partial charge < -0.3 is 0 Å². The molecule has 0 aliphatic heterocycles. The van der Waals surface area contributed by atoms with Gasteiger partial charge in [-0.05, 0) is 18.2 Å². The van der Waals surface area contributed by atoms with E-state index in [0.717, 1.165) is 0 Å². The third kappa shape index (κ3) is 18.1. The molecule has 0 saturated heterocycles. The van der Waals surface area contributed by atoms with Crippen LogP contribution >= 0.6 is 0 Å². The fourth-order valence-corrected chi connectivity index (χ4v) is 0.528. The third-order valence-corrected chi connectivity index (χ3v) is 0.972. The number of nitrogens with one attached hydrogen (secondary N) is 1. The van der Waals surface area contributed by atoms with Gasteiger partial charge in [0.1, 0.15) is 0 Å². The number of hydrogen-bond acceptors (Lipinski definition) is 4. The fourth-order valence-electron chi connectivity index (χ4n) is 0.528. The Labute approximate surface area is 92.7 Å². The molecule has 0 fully saturated rings. The molecule has 3 N–H and O–H groups in total. The first kappa shape index (κ1) is 14.2. The first-order valence-corrected chi connectivity index (χ1v) is 5.38. The summed E-state index contributed by atoms with van der Waals surface area (Å²) in [6, 6.07) is 7.55. The van der Waals surface area contributed by atoms with E-state index >= 15 is 0 Å². The van der Waals surface area contributed by atoms with Crippen molar-refractivity contribution in [2.24, 2.45) is 0 Å². The topological polar surface area (TPSA) is 116 Å². The molecule has 2 aromatic rings. The van der Waals surface area contributed by atoms with E-state index < -0.39 is 10.4 Å². The van der Waals surface area contributed by atoms with E-state index in [1.54, 1.807) is 24.8 Å². The minimum Gasteiger partial charge on any atom is -0.286 e. The molecule has 0 bridgehead atoms. The minimum atomic E-state index is -4.67. The fraction of sp³-hybridized carbons (Fsp3) is 0. The van der Waals surface area contributed by atoms with Crippen LogP contribution < -0.4 is 0 Å². The van der Waals surface area contributed by atoms with E-state index in [2.05, 4.69) is 15.2 Å². The predicted octanol–water partition coefficient (Wildman–Crippen LogP) is 0.838. The van der Waals surface area contributed by atoms with Crippen LogP contribution in [0.15, 0.2) is 49.1 Å². The summed E-state index contributed by atoms with van der Waals surface area (Å²) >= 11 is 0. The predicted molar refractivity (Wildman–Crippen MR) is 57.0 cm³/mol. The van der Waals surface area contributed by atoms with Crippen molar-refractivity contribution in [3.63, 3.8) is 0 Å². The summed E-state index contributed by atoms with van der Waals surface area (Å²) in [5, 5.41) is 6.21. The monoisotopic (exact) mass is 245 g/mol. The lowest BCUT2D eigenvalue weighted by atomic mass is 10.5. The maximum Gasteiger partial charge on any atom is 0.394 e. The zero-order chi connectivity index (χ0) is 12.3. The van der Waals surface area contributed by atoms with Crippen molar-refractivity contribution >= 4 is 10.4 Å². The number of aromatic amines is 1. The van der Waals surface area contributed by atoms with E-state index in [1.807, 2.05) is 24.3 Å². The van der Waals surface area contributed by atoms with Gasteiger partial charge in [0.15, 0.2) is 0 Å². The van der Waals surface area contributed by atoms with Gasteiger partial charge in [-0.2, -0.15) is 13.5 Å². The van der Waals surface area contributed by atoms with Crippen molar-refractivity contribution in [1.29, 1.82) is 0 Å². The van der Waals surface area contributed by atoms with Crippen LogP contribution in [0.3, 0.4) is 0 Å². The zero-order valence-electron chi connectivity index (χ0n) is 8.13. The van der Waals surface area contributed by atoms with Gasteiger partial charge in [0.05, 0.1) is 0 Å². The second-order valence-corrected chi connectivity index (χ2v) is 3.13. The quantitative estimate of drug-likeness (QED) is 0.592. The molecule has 0 atom stereocenters. The van der Waals surface area contributed by atoms with Crippen LogP contribution in [0.2, 0.25) is 0 Å². The van der Waals surface area contributed by atoms with Crippen molar-refractivity contribution < 1.29 is 17.5 Å². The summed E-state index contributed by atoms with van der Waals surface area (Å²) < 4.78 is 31.6. The van der Waals surface area contributed by atoms with Crippen LogP contribution in [-0.2, 0) is 10.4 Å². The van der Waals surface area contributed by atoms with Crippen LogP contribution in [0.4, 0.5) is 0 Å². The Balaban J connectivity index is 0.000000213. The second-order valence-electron chi connectivity index (χ2n) is 2.24. The largest absolute Gasteiger partial charge is 0.394 e. The zero-order valence-corrected chi connectivity index (χ0v) is 8.95. The average molecular weight is 245 g/mol. The van der Waals surface area contributed by atoms with E-state index in [0.29, 0.717) is 0 Å². The van der Waals surface area contributed by atoms with Gasteiger partial charge in [0.2, 0.25) is 0 Å². The Hall–Kier alpha value is -1.77. The first-order valence-electron chi connectivity index (χ1n) is 3.99. The van der Waals surface area contributed by atoms with Gasteiger partial charge in [0, 0.05) is 24.8 Å². The molecule has 0 spiro atoms. The SMILES string of the molecule is O=S(=O)(O)O.c1ccncc1.c1cn[nH]c1. The molecular formula is C8H11N3O4S. The number of nitrogens with zero attached hydrogens (tertiary/aromatic N) is 2. The Kier molecular flexibility index (Phi) is 7.59. The molecule has 0 saturated carbocycles. The summed E-state index contributed by atoms with van der Waals surface area (Å²) in [4.78, 5) is 3.78. The van der Waals surface area contributed by atoms with Crippen molar-refractivity contribution in [2.75, 3.05) is 0 Å². The lowest BCUT2D eigenvalue weighted by molar-refractivity contribution is 0.381. The highest BCUT2D eigenvalue weighted by molar-refractivity contribution is 7.79. The molecule has 0 radical (unpaired) electrons. The average Bonchev–Trinajstić information content (AvgIpc) is 2.75. The smallest absolute Gasteiger partial charge is 0.286 e. The van der Waals surface area contributed by atoms with Gasteiger partial charge in [-0.15, -0.1) is 0 Å². The Bertz CT molecular complexity index is 378. The summed E-state index contributed by atoms with van der Waals surface area (Å²) in [7, 11) is -4.67. The van der Waals surface area contributed by atoms with Gasteiger partial charge in [-0.1, -0.05) is 6.07 Å². The molecule has 2 rings (SSSR count). The van der Waals surface area contributed by atoms with Gasteiger partial charge in [0.25, 0.3) is 0 Å². The maximum absolute atomic E-state index is 8.74.